The molecule has 0 saturated heterocycles. The summed E-state index contributed by atoms with van der Waals surface area (Å²) in [6.45, 7) is 0. The summed E-state index contributed by atoms with van der Waals surface area (Å²) in [6, 6.07) is 6.36. The molecule has 0 bridgehead atoms. The van der Waals surface area contributed by atoms with E-state index in [-0.39, 0.29) is 5.84 Å². The maximum atomic E-state index is 8.74. The molecule has 0 aliphatic rings. The first kappa shape index (κ1) is 13.5. The van der Waals surface area contributed by atoms with E-state index in [1.807, 2.05) is 0 Å². The van der Waals surface area contributed by atoms with E-state index in [4.69, 9.17) is 38.9 Å². The van der Waals surface area contributed by atoms with Crippen LogP contribution in [0.2, 0.25) is 10.0 Å². The van der Waals surface area contributed by atoms with E-state index in [9.17, 15) is 0 Å². The minimum absolute atomic E-state index is 0.104. The average Bonchev–Trinajstić information content (AvgIpc) is 2.40. The van der Waals surface area contributed by atoms with Crippen molar-refractivity contribution in [2.75, 3.05) is 0 Å². The molecule has 0 radical (unpaired) electrons. The number of nitrogens with two attached hydrogens (primary N) is 1. The fourth-order valence-corrected chi connectivity index (χ4v) is 1.76. The molecular weight excluding hydrogens is 289 g/mol. The summed E-state index contributed by atoms with van der Waals surface area (Å²) in [6.07, 6.45) is 2.98. The molecule has 2 aromatic rings. The molecule has 98 valence electrons. The van der Waals surface area contributed by atoms with Gasteiger partial charge in [0.05, 0.1) is 16.8 Å². The molecule has 0 saturated carbocycles. The Morgan fingerprint density at radius 1 is 1.21 bits per heavy atom. The molecule has 2 rings (SSSR count). The highest BCUT2D eigenvalue weighted by Crippen LogP contribution is 2.28. The van der Waals surface area contributed by atoms with Gasteiger partial charge in [0.25, 0.3) is 0 Å². The molecule has 0 amide bonds. The number of rotatable bonds is 3. The first-order chi connectivity index (χ1) is 9.10. The van der Waals surface area contributed by atoms with E-state index in [2.05, 4.69) is 10.1 Å². The third-order valence-electron chi connectivity index (χ3n) is 2.23. The lowest BCUT2D eigenvalue weighted by Gasteiger charge is -2.10. The Balaban J connectivity index is 2.40. The van der Waals surface area contributed by atoms with Crippen molar-refractivity contribution >= 4 is 29.0 Å². The number of benzene rings is 1. The zero-order chi connectivity index (χ0) is 13.8. The quantitative estimate of drug-likeness (QED) is 0.394. The molecule has 1 aromatic carbocycles. The fraction of sp³-hybridized carbons (Fsp3) is 0. The molecule has 1 heterocycles. The van der Waals surface area contributed by atoms with E-state index in [1.165, 1.54) is 18.5 Å². The van der Waals surface area contributed by atoms with E-state index in [0.717, 1.165) is 0 Å². The van der Waals surface area contributed by atoms with Gasteiger partial charge in [-0.1, -0.05) is 28.4 Å². The van der Waals surface area contributed by atoms with Crippen LogP contribution in [-0.4, -0.2) is 16.0 Å². The van der Waals surface area contributed by atoms with Crippen molar-refractivity contribution in [3.63, 3.8) is 0 Å². The van der Waals surface area contributed by atoms with Gasteiger partial charge in [0.15, 0.2) is 5.84 Å². The smallest absolute Gasteiger partial charge is 0.173 e. The number of nitrogens with zero attached hydrogens (tertiary/aromatic N) is 2. The number of hydrogen-bond acceptors (Lipinski definition) is 4. The Morgan fingerprint density at radius 2 is 2.00 bits per heavy atom. The second-order valence-corrected chi connectivity index (χ2v) is 4.44. The topological polar surface area (TPSA) is 80.7 Å². The Bertz CT molecular complexity index is 632. The van der Waals surface area contributed by atoms with Crippen molar-refractivity contribution < 1.29 is 9.94 Å². The lowest BCUT2D eigenvalue weighted by Crippen LogP contribution is -2.14. The van der Waals surface area contributed by atoms with Gasteiger partial charge < -0.3 is 15.7 Å². The first-order valence-electron chi connectivity index (χ1n) is 5.16. The molecule has 7 heteroatoms. The second-order valence-electron chi connectivity index (χ2n) is 3.57. The van der Waals surface area contributed by atoms with Crippen LogP contribution in [0.3, 0.4) is 0 Å². The van der Waals surface area contributed by atoms with Crippen molar-refractivity contribution in [3.8, 4) is 11.5 Å². The van der Waals surface area contributed by atoms with Crippen molar-refractivity contribution in [1.82, 2.24) is 4.98 Å². The molecule has 0 aliphatic carbocycles. The van der Waals surface area contributed by atoms with Crippen LogP contribution in [0.25, 0.3) is 0 Å². The van der Waals surface area contributed by atoms with E-state index < -0.39 is 0 Å². The number of halogens is 2. The predicted octanol–water partition coefficient (Wildman–Crippen LogP) is 3.28. The summed E-state index contributed by atoms with van der Waals surface area (Å²) >= 11 is 11.7. The van der Waals surface area contributed by atoms with Crippen LogP contribution in [0.15, 0.2) is 41.8 Å². The lowest BCUT2D eigenvalue weighted by atomic mass is 10.2. The largest absolute Gasteiger partial charge is 0.455 e. The summed E-state index contributed by atoms with van der Waals surface area (Å²) in [5.74, 6) is 0.707. The van der Waals surface area contributed by atoms with Crippen LogP contribution in [0, 0.1) is 0 Å². The van der Waals surface area contributed by atoms with Gasteiger partial charge in [-0.05, 0) is 18.2 Å². The van der Waals surface area contributed by atoms with Crippen LogP contribution < -0.4 is 10.5 Å². The summed E-state index contributed by atoms with van der Waals surface area (Å²) in [7, 11) is 0. The molecule has 19 heavy (non-hydrogen) atoms. The van der Waals surface area contributed by atoms with Crippen molar-refractivity contribution in [3.05, 3.63) is 52.3 Å². The first-order valence-corrected chi connectivity index (χ1v) is 5.91. The van der Waals surface area contributed by atoms with E-state index in [0.29, 0.717) is 27.1 Å². The standard InChI is InChI=1S/C12H9Cl2N3O2/c13-7-1-2-11(10(4-7)12(15)17-18)19-9-3-8(14)5-16-6-9/h1-6,18H,(H2,15,17). The summed E-state index contributed by atoms with van der Waals surface area (Å²) in [4.78, 5) is 3.90. The van der Waals surface area contributed by atoms with Gasteiger partial charge in [0.1, 0.15) is 11.5 Å². The zero-order valence-corrected chi connectivity index (χ0v) is 11.1. The highest BCUT2D eigenvalue weighted by atomic mass is 35.5. The Kier molecular flexibility index (Phi) is 4.09. The average molecular weight is 298 g/mol. The maximum Gasteiger partial charge on any atom is 0.173 e. The Hall–Kier alpha value is -1.98. The van der Waals surface area contributed by atoms with Crippen molar-refractivity contribution in [2.45, 2.75) is 0 Å². The van der Waals surface area contributed by atoms with Gasteiger partial charge in [-0.2, -0.15) is 0 Å². The Morgan fingerprint density at radius 3 is 2.68 bits per heavy atom. The van der Waals surface area contributed by atoms with Crippen molar-refractivity contribution in [2.24, 2.45) is 10.9 Å². The Labute approximate surface area is 119 Å². The minimum Gasteiger partial charge on any atom is -0.455 e. The number of amidine groups is 1. The van der Waals surface area contributed by atoms with Gasteiger partial charge in [0.2, 0.25) is 0 Å². The third kappa shape index (κ3) is 3.27. The van der Waals surface area contributed by atoms with Crippen LogP contribution >= 0.6 is 23.2 Å². The zero-order valence-electron chi connectivity index (χ0n) is 9.55. The van der Waals surface area contributed by atoms with Crippen LogP contribution in [0.5, 0.6) is 11.5 Å². The number of hydrogen-bond donors (Lipinski definition) is 2. The fourth-order valence-electron chi connectivity index (χ4n) is 1.42. The lowest BCUT2D eigenvalue weighted by molar-refractivity contribution is 0.318. The predicted molar refractivity (Wildman–Crippen MR) is 73.3 cm³/mol. The van der Waals surface area contributed by atoms with Gasteiger partial charge >= 0.3 is 0 Å². The maximum absolute atomic E-state index is 8.74. The summed E-state index contributed by atoms with van der Waals surface area (Å²) in [5.41, 5.74) is 5.94. The van der Waals surface area contributed by atoms with E-state index in [1.54, 1.807) is 18.2 Å². The highest BCUT2D eigenvalue weighted by molar-refractivity contribution is 6.31. The number of ether oxygens (including phenoxy) is 1. The van der Waals surface area contributed by atoms with Gasteiger partial charge in [-0.15, -0.1) is 0 Å². The van der Waals surface area contributed by atoms with Gasteiger partial charge in [-0.25, -0.2) is 0 Å². The van der Waals surface area contributed by atoms with Crippen LogP contribution in [0.1, 0.15) is 5.56 Å². The van der Waals surface area contributed by atoms with Crippen LogP contribution in [-0.2, 0) is 0 Å². The highest BCUT2D eigenvalue weighted by Gasteiger charge is 2.10. The SMILES string of the molecule is NC(=NO)c1cc(Cl)ccc1Oc1cncc(Cl)c1. The van der Waals surface area contributed by atoms with Gasteiger partial charge in [0, 0.05) is 17.3 Å². The number of oxime groups is 1. The number of pyridine rings is 1. The second kappa shape index (κ2) is 5.77. The molecule has 3 N–H and O–H groups in total. The molecule has 0 spiro atoms. The van der Waals surface area contributed by atoms with E-state index >= 15 is 0 Å². The van der Waals surface area contributed by atoms with Gasteiger partial charge in [-0.3, -0.25) is 4.98 Å². The normalized spacial score (nSPS) is 11.4. The molecule has 0 aliphatic heterocycles. The third-order valence-corrected chi connectivity index (χ3v) is 2.67. The molecular formula is C12H9Cl2N3O2. The minimum atomic E-state index is -0.104. The molecule has 1 aromatic heterocycles. The molecule has 0 fully saturated rings. The number of aromatic nitrogens is 1. The monoisotopic (exact) mass is 297 g/mol. The molecule has 0 unspecified atom stereocenters. The molecule has 5 nitrogen and oxygen atoms in total. The van der Waals surface area contributed by atoms with Crippen molar-refractivity contribution in [1.29, 1.82) is 0 Å². The summed E-state index contributed by atoms with van der Waals surface area (Å²) < 4.78 is 5.59. The summed E-state index contributed by atoms with van der Waals surface area (Å²) in [5, 5.41) is 12.6. The van der Waals surface area contributed by atoms with Crippen LogP contribution in [0.4, 0.5) is 0 Å². The molecule has 0 atom stereocenters.